The molecule has 31 heavy (non-hydrogen) atoms. The predicted molar refractivity (Wildman–Crippen MR) is 119 cm³/mol. The molecule has 0 fully saturated rings. The molecule has 0 spiro atoms. The molecule has 4 heterocycles. The third-order valence-electron chi connectivity index (χ3n) is 4.68. The molecule has 0 saturated heterocycles. The highest BCUT2D eigenvalue weighted by molar-refractivity contribution is 7.15. The number of nitrogens with zero attached hydrogens (tertiary/aromatic N) is 4. The molecule has 4 aromatic rings. The molecule has 10 heteroatoms. The SMILES string of the molecule is Cc1cnc(OCc2nc(C)c(-c3cccc(-c4cc(F)c5c(c4)NNN5)n3)s2)nc1.[HH]. The number of nitrogens with one attached hydrogen (secondary N) is 3. The maximum Gasteiger partial charge on any atom is 0.316 e. The minimum absolute atomic E-state index is 0. The maximum atomic E-state index is 14.4. The summed E-state index contributed by atoms with van der Waals surface area (Å²) >= 11 is 1.50. The minimum atomic E-state index is -0.357. The highest BCUT2D eigenvalue weighted by atomic mass is 32.1. The Morgan fingerprint density at radius 1 is 1.06 bits per heavy atom. The highest BCUT2D eigenvalue weighted by Gasteiger charge is 2.18. The van der Waals surface area contributed by atoms with Gasteiger partial charge >= 0.3 is 6.01 Å². The molecule has 0 amide bonds. The van der Waals surface area contributed by atoms with E-state index in [1.165, 1.54) is 17.4 Å². The number of hydrogen-bond acceptors (Lipinski definition) is 9. The molecule has 0 unspecified atom stereocenters. The predicted octanol–water partition coefficient (Wildman–Crippen LogP) is 4.50. The highest BCUT2D eigenvalue weighted by Crippen LogP contribution is 2.35. The number of aryl methyl sites for hydroxylation is 2. The third-order valence-corrected chi connectivity index (χ3v) is 5.83. The molecule has 0 bridgehead atoms. The van der Waals surface area contributed by atoms with Gasteiger partial charge in [0.15, 0.2) is 5.82 Å². The van der Waals surface area contributed by atoms with E-state index in [-0.39, 0.29) is 13.9 Å². The first-order valence-corrected chi connectivity index (χ1v) is 10.3. The van der Waals surface area contributed by atoms with Gasteiger partial charge in [0, 0.05) is 19.4 Å². The van der Waals surface area contributed by atoms with Crippen LogP contribution in [-0.2, 0) is 6.61 Å². The fourth-order valence-electron chi connectivity index (χ4n) is 3.20. The van der Waals surface area contributed by atoms with Gasteiger partial charge in [-0.25, -0.2) is 24.3 Å². The normalized spacial score (nSPS) is 12.2. The fourth-order valence-corrected chi connectivity index (χ4v) is 4.14. The average Bonchev–Trinajstić information content (AvgIpc) is 3.40. The number of rotatable bonds is 5. The van der Waals surface area contributed by atoms with Crippen LogP contribution >= 0.6 is 11.3 Å². The number of aromatic nitrogens is 4. The standard InChI is InChI=1S/C21H18FN7OS.H2/c1-11-8-23-21(24-9-11)30-10-18-25-12(2)20(31-18)16-5-3-4-15(26-16)13-6-14(22)19-17(7-13)27-29-28-19;/h3-9,27-29H,10H2,1-2H3;1H. The zero-order chi connectivity index (χ0) is 21.4. The van der Waals surface area contributed by atoms with E-state index < -0.39 is 0 Å². The molecular weight excluding hydrogens is 417 g/mol. The van der Waals surface area contributed by atoms with Crippen LogP contribution < -0.4 is 21.1 Å². The molecule has 0 radical (unpaired) electrons. The number of ether oxygens (including phenoxy) is 1. The van der Waals surface area contributed by atoms with Crippen LogP contribution in [0.3, 0.4) is 0 Å². The number of halogens is 1. The third kappa shape index (κ3) is 3.90. The average molecular weight is 438 g/mol. The summed E-state index contributed by atoms with van der Waals surface area (Å²) in [7, 11) is 0. The second-order valence-corrected chi connectivity index (χ2v) is 8.10. The number of benzene rings is 1. The summed E-state index contributed by atoms with van der Waals surface area (Å²) in [4.78, 5) is 18.6. The van der Waals surface area contributed by atoms with E-state index in [1.807, 2.05) is 38.1 Å². The van der Waals surface area contributed by atoms with Crippen molar-refractivity contribution in [1.29, 1.82) is 0 Å². The van der Waals surface area contributed by atoms with Crippen LogP contribution in [0.2, 0.25) is 0 Å². The molecule has 1 aromatic carbocycles. The van der Waals surface area contributed by atoms with Gasteiger partial charge in [0.2, 0.25) is 0 Å². The van der Waals surface area contributed by atoms with E-state index in [2.05, 4.69) is 31.3 Å². The van der Waals surface area contributed by atoms with Gasteiger partial charge in [0.1, 0.15) is 17.3 Å². The second-order valence-electron chi connectivity index (χ2n) is 7.02. The van der Waals surface area contributed by atoms with Gasteiger partial charge in [-0.1, -0.05) is 6.07 Å². The number of thiazole rings is 1. The van der Waals surface area contributed by atoms with Crippen molar-refractivity contribution in [1.82, 2.24) is 25.5 Å². The van der Waals surface area contributed by atoms with Gasteiger partial charge in [-0.2, -0.15) is 0 Å². The van der Waals surface area contributed by atoms with E-state index in [9.17, 15) is 4.39 Å². The van der Waals surface area contributed by atoms with E-state index in [0.29, 0.717) is 28.6 Å². The quantitative estimate of drug-likeness (QED) is 0.420. The molecular formula is C21H20FN7OS. The summed E-state index contributed by atoms with van der Waals surface area (Å²) in [6.07, 6.45) is 3.42. The van der Waals surface area contributed by atoms with Crippen molar-refractivity contribution in [3.8, 4) is 27.8 Å². The number of pyridine rings is 1. The van der Waals surface area contributed by atoms with Crippen LogP contribution in [0.1, 0.15) is 17.7 Å². The number of hydrazine groups is 2. The number of anilines is 2. The monoisotopic (exact) mass is 437 g/mol. The van der Waals surface area contributed by atoms with Gasteiger partial charge in [0.25, 0.3) is 0 Å². The van der Waals surface area contributed by atoms with Gasteiger partial charge in [-0.05, 0) is 43.7 Å². The van der Waals surface area contributed by atoms with Crippen molar-refractivity contribution >= 4 is 22.7 Å². The van der Waals surface area contributed by atoms with Crippen molar-refractivity contribution < 1.29 is 10.6 Å². The zero-order valence-corrected chi connectivity index (χ0v) is 17.5. The summed E-state index contributed by atoms with van der Waals surface area (Å²) < 4.78 is 20.0. The Morgan fingerprint density at radius 2 is 1.87 bits per heavy atom. The van der Waals surface area contributed by atoms with Crippen LogP contribution in [0.5, 0.6) is 6.01 Å². The van der Waals surface area contributed by atoms with Crippen LogP contribution in [0.15, 0.2) is 42.7 Å². The molecule has 0 atom stereocenters. The summed E-state index contributed by atoms with van der Waals surface area (Å²) in [5, 5.41) is 0.800. The lowest BCUT2D eigenvalue weighted by molar-refractivity contribution is 0.280. The Kier molecular flexibility index (Phi) is 4.92. The lowest BCUT2D eigenvalue weighted by Gasteiger charge is -2.07. The summed E-state index contributed by atoms with van der Waals surface area (Å²) in [5.41, 5.74) is 13.3. The van der Waals surface area contributed by atoms with Crippen molar-refractivity contribution in [2.24, 2.45) is 0 Å². The fraction of sp³-hybridized carbons (Fsp3) is 0.143. The molecule has 5 rings (SSSR count). The van der Waals surface area contributed by atoms with E-state index in [1.54, 1.807) is 12.4 Å². The molecule has 3 N–H and O–H groups in total. The Hall–Kier alpha value is -3.63. The van der Waals surface area contributed by atoms with Gasteiger partial charge in [0.05, 0.1) is 27.6 Å². The Morgan fingerprint density at radius 3 is 2.71 bits per heavy atom. The van der Waals surface area contributed by atoms with E-state index in [4.69, 9.17) is 9.72 Å². The largest absolute Gasteiger partial charge is 0.456 e. The number of hydrogen-bond donors (Lipinski definition) is 3. The summed E-state index contributed by atoms with van der Waals surface area (Å²) in [5.74, 6) is -0.357. The lowest BCUT2D eigenvalue weighted by Crippen LogP contribution is -2.19. The topological polar surface area (TPSA) is 96.9 Å². The molecule has 1 aliphatic rings. The number of fused-ring (bicyclic) bond motifs is 1. The molecule has 1 aliphatic heterocycles. The van der Waals surface area contributed by atoms with Crippen molar-refractivity contribution in [3.63, 3.8) is 0 Å². The van der Waals surface area contributed by atoms with Crippen molar-refractivity contribution in [2.75, 3.05) is 10.9 Å². The van der Waals surface area contributed by atoms with Crippen LogP contribution in [0, 0.1) is 19.7 Å². The van der Waals surface area contributed by atoms with Crippen LogP contribution in [-0.4, -0.2) is 19.9 Å². The first-order chi connectivity index (χ1) is 15.1. The smallest absolute Gasteiger partial charge is 0.316 e. The molecule has 158 valence electrons. The Bertz CT molecular complexity index is 1270. The molecule has 8 nitrogen and oxygen atoms in total. The van der Waals surface area contributed by atoms with Crippen molar-refractivity contribution in [2.45, 2.75) is 20.5 Å². The minimum Gasteiger partial charge on any atom is -0.456 e. The maximum absolute atomic E-state index is 14.4. The van der Waals surface area contributed by atoms with Gasteiger partial charge in [-0.3, -0.25) is 5.43 Å². The Balaban J connectivity index is 0.00000245. The first-order valence-electron chi connectivity index (χ1n) is 9.53. The van der Waals surface area contributed by atoms with E-state index in [0.717, 1.165) is 26.8 Å². The lowest BCUT2D eigenvalue weighted by atomic mass is 10.1. The van der Waals surface area contributed by atoms with Gasteiger partial charge < -0.3 is 10.2 Å². The zero-order valence-electron chi connectivity index (χ0n) is 16.7. The van der Waals surface area contributed by atoms with E-state index >= 15 is 0 Å². The summed E-state index contributed by atoms with van der Waals surface area (Å²) in [6, 6.07) is 9.31. The molecule has 3 aromatic heterocycles. The van der Waals surface area contributed by atoms with Gasteiger partial charge in [-0.15, -0.1) is 16.9 Å². The van der Waals surface area contributed by atoms with Crippen molar-refractivity contribution in [3.05, 3.63) is 64.8 Å². The molecule has 0 aliphatic carbocycles. The Labute approximate surface area is 183 Å². The summed E-state index contributed by atoms with van der Waals surface area (Å²) in [6.45, 7) is 4.13. The second kappa shape index (κ2) is 7.89. The molecule has 0 saturated carbocycles. The first kappa shape index (κ1) is 19.3. The van der Waals surface area contributed by atoms with Crippen LogP contribution in [0.25, 0.3) is 21.8 Å². The van der Waals surface area contributed by atoms with Crippen LogP contribution in [0.4, 0.5) is 15.8 Å².